The van der Waals surface area contributed by atoms with E-state index in [4.69, 9.17) is 4.42 Å². The summed E-state index contributed by atoms with van der Waals surface area (Å²) in [6.45, 7) is 2.93. The second kappa shape index (κ2) is 5.40. The Bertz CT molecular complexity index is 402. The van der Waals surface area contributed by atoms with Crippen LogP contribution in [0.5, 0.6) is 0 Å². The van der Waals surface area contributed by atoms with E-state index in [9.17, 15) is 9.59 Å². The zero-order valence-electron chi connectivity index (χ0n) is 9.72. The Labute approximate surface area is 104 Å². The van der Waals surface area contributed by atoms with Crippen molar-refractivity contribution in [1.82, 2.24) is 4.90 Å². The second-order valence-electron chi connectivity index (χ2n) is 4.16. The average Bonchev–Trinajstić information content (AvgIpc) is 2.84. The normalized spacial score (nSPS) is 19.9. The molecule has 92 valence electrons. The molecule has 0 bridgehead atoms. The monoisotopic (exact) mass is 253 g/mol. The van der Waals surface area contributed by atoms with E-state index < -0.39 is 0 Å². The first-order chi connectivity index (χ1) is 8.15. The number of furan rings is 1. The molecule has 0 spiro atoms. The highest BCUT2D eigenvalue weighted by Crippen LogP contribution is 2.24. The molecule has 1 atom stereocenters. The fourth-order valence-electron chi connectivity index (χ4n) is 1.96. The Kier molecular flexibility index (Phi) is 3.89. The molecule has 1 saturated heterocycles. The lowest BCUT2D eigenvalue weighted by atomic mass is 10.2. The summed E-state index contributed by atoms with van der Waals surface area (Å²) >= 11 is 1.27. The summed E-state index contributed by atoms with van der Waals surface area (Å²) in [4.78, 5) is 24.5. The molecule has 2 heterocycles. The van der Waals surface area contributed by atoms with Crippen molar-refractivity contribution >= 4 is 22.8 Å². The van der Waals surface area contributed by atoms with E-state index in [0.29, 0.717) is 19.5 Å². The van der Waals surface area contributed by atoms with Crippen molar-refractivity contribution in [2.24, 2.45) is 0 Å². The van der Waals surface area contributed by atoms with Crippen LogP contribution in [0.4, 0.5) is 0 Å². The molecule has 1 amide bonds. The number of rotatable bonds is 4. The van der Waals surface area contributed by atoms with Gasteiger partial charge in [-0.05, 0) is 18.1 Å². The third-order valence-corrected chi connectivity index (χ3v) is 3.74. The molecule has 0 aromatic carbocycles. The van der Waals surface area contributed by atoms with Crippen molar-refractivity contribution in [2.75, 3.05) is 13.1 Å². The van der Waals surface area contributed by atoms with Crippen molar-refractivity contribution in [3.63, 3.8) is 0 Å². The van der Waals surface area contributed by atoms with Crippen LogP contribution in [-0.2, 0) is 16.0 Å². The van der Waals surface area contributed by atoms with E-state index in [2.05, 4.69) is 0 Å². The SMILES string of the molecule is CC(=O)SC1CC(=O)N(CCc2ccoc2)C1. The summed E-state index contributed by atoms with van der Waals surface area (Å²) in [5.74, 6) is 0.146. The Morgan fingerprint density at radius 3 is 3.12 bits per heavy atom. The van der Waals surface area contributed by atoms with Crippen LogP contribution in [0.3, 0.4) is 0 Å². The van der Waals surface area contributed by atoms with Gasteiger partial charge >= 0.3 is 0 Å². The zero-order valence-corrected chi connectivity index (χ0v) is 10.5. The first-order valence-corrected chi connectivity index (χ1v) is 6.49. The molecule has 1 aromatic heterocycles. The minimum atomic E-state index is 0.0829. The fraction of sp³-hybridized carbons (Fsp3) is 0.500. The van der Waals surface area contributed by atoms with Gasteiger partial charge in [0.05, 0.1) is 12.5 Å². The molecule has 0 N–H and O–H groups in total. The summed E-state index contributed by atoms with van der Waals surface area (Å²) in [6.07, 6.45) is 4.62. The van der Waals surface area contributed by atoms with Gasteiger partial charge in [0.2, 0.25) is 5.91 Å². The van der Waals surface area contributed by atoms with Gasteiger partial charge in [0, 0.05) is 31.7 Å². The van der Waals surface area contributed by atoms with E-state index >= 15 is 0 Å². The van der Waals surface area contributed by atoms with Gasteiger partial charge in [-0.25, -0.2) is 0 Å². The van der Waals surface area contributed by atoms with Crippen LogP contribution >= 0.6 is 11.8 Å². The molecule has 1 aliphatic heterocycles. The van der Waals surface area contributed by atoms with E-state index in [1.807, 2.05) is 11.0 Å². The summed E-state index contributed by atoms with van der Waals surface area (Å²) in [5.41, 5.74) is 1.10. The van der Waals surface area contributed by atoms with Gasteiger partial charge in [-0.1, -0.05) is 11.8 Å². The molecule has 1 aliphatic rings. The average molecular weight is 253 g/mol. The standard InChI is InChI=1S/C12H15NO3S/c1-9(14)17-11-6-12(15)13(7-11)4-2-10-3-5-16-8-10/h3,5,8,11H,2,4,6-7H2,1H3. The van der Waals surface area contributed by atoms with Crippen molar-refractivity contribution in [2.45, 2.75) is 25.0 Å². The van der Waals surface area contributed by atoms with Gasteiger partial charge in [0.15, 0.2) is 5.12 Å². The third-order valence-electron chi connectivity index (χ3n) is 2.76. The maximum Gasteiger partial charge on any atom is 0.223 e. The molecule has 0 radical (unpaired) electrons. The fourth-order valence-corrected chi connectivity index (χ4v) is 2.91. The van der Waals surface area contributed by atoms with Gasteiger partial charge < -0.3 is 9.32 Å². The molecule has 0 aliphatic carbocycles. The van der Waals surface area contributed by atoms with Crippen LogP contribution in [0.1, 0.15) is 18.9 Å². The van der Waals surface area contributed by atoms with Crippen molar-refractivity contribution in [1.29, 1.82) is 0 Å². The van der Waals surface area contributed by atoms with Crippen LogP contribution in [0, 0.1) is 0 Å². The van der Waals surface area contributed by atoms with Gasteiger partial charge in [0.1, 0.15) is 0 Å². The molecule has 5 heteroatoms. The van der Waals surface area contributed by atoms with E-state index in [1.54, 1.807) is 19.5 Å². The van der Waals surface area contributed by atoms with E-state index in [1.165, 1.54) is 11.8 Å². The Morgan fingerprint density at radius 2 is 2.47 bits per heavy atom. The number of carbonyl (C=O) groups excluding carboxylic acids is 2. The third kappa shape index (κ3) is 3.36. The summed E-state index contributed by atoms with van der Waals surface area (Å²) < 4.78 is 4.98. The number of carbonyl (C=O) groups is 2. The lowest BCUT2D eigenvalue weighted by Gasteiger charge is -2.15. The minimum Gasteiger partial charge on any atom is -0.472 e. The first kappa shape index (κ1) is 12.2. The molecule has 17 heavy (non-hydrogen) atoms. The van der Waals surface area contributed by atoms with Gasteiger partial charge in [0.25, 0.3) is 0 Å². The summed E-state index contributed by atoms with van der Waals surface area (Å²) in [7, 11) is 0. The van der Waals surface area contributed by atoms with Gasteiger partial charge in [-0.15, -0.1) is 0 Å². The lowest BCUT2D eigenvalue weighted by Crippen LogP contribution is -2.27. The smallest absolute Gasteiger partial charge is 0.223 e. The first-order valence-electron chi connectivity index (χ1n) is 5.61. The molecular formula is C12H15NO3S. The van der Waals surface area contributed by atoms with Gasteiger partial charge in [-0.3, -0.25) is 9.59 Å². The number of amides is 1. The van der Waals surface area contributed by atoms with Gasteiger partial charge in [-0.2, -0.15) is 0 Å². The highest BCUT2D eigenvalue weighted by molar-refractivity contribution is 8.14. The number of likely N-dealkylation sites (tertiary alicyclic amines) is 1. The lowest BCUT2D eigenvalue weighted by molar-refractivity contribution is -0.127. The van der Waals surface area contributed by atoms with Crippen LogP contribution in [0.15, 0.2) is 23.0 Å². The number of hydrogen-bond acceptors (Lipinski definition) is 4. The molecule has 2 rings (SSSR count). The highest BCUT2D eigenvalue weighted by atomic mass is 32.2. The van der Waals surface area contributed by atoms with E-state index in [-0.39, 0.29) is 16.3 Å². The molecular weight excluding hydrogens is 238 g/mol. The van der Waals surface area contributed by atoms with Crippen LogP contribution in [-0.4, -0.2) is 34.3 Å². The Balaban J connectivity index is 1.82. The second-order valence-corrected chi connectivity index (χ2v) is 5.63. The predicted molar refractivity (Wildman–Crippen MR) is 65.7 cm³/mol. The topological polar surface area (TPSA) is 50.5 Å². The molecule has 1 unspecified atom stereocenters. The number of hydrogen-bond donors (Lipinski definition) is 0. The van der Waals surface area contributed by atoms with Crippen molar-refractivity contribution in [3.8, 4) is 0 Å². The van der Waals surface area contributed by atoms with E-state index in [0.717, 1.165) is 12.0 Å². The maximum absolute atomic E-state index is 11.7. The number of thioether (sulfide) groups is 1. The van der Waals surface area contributed by atoms with Crippen LogP contribution in [0.2, 0.25) is 0 Å². The minimum absolute atomic E-state index is 0.0829. The predicted octanol–water partition coefficient (Wildman–Crippen LogP) is 1.70. The summed E-state index contributed by atoms with van der Waals surface area (Å²) in [6, 6.07) is 1.91. The number of nitrogens with zero attached hydrogens (tertiary/aromatic N) is 1. The van der Waals surface area contributed by atoms with Crippen LogP contribution in [0.25, 0.3) is 0 Å². The Hall–Kier alpha value is -1.23. The van der Waals surface area contributed by atoms with Crippen molar-refractivity contribution < 1.29 is 14.0 Å². The largest absolute Gasteiger partial charge is 0.472 e. The summed E-state index contributed by atoms with van der Waals surface area (Å²) in [5, 5.41) is 0.212. The molecule has 0 saturated carbocycles. The molecule has 1 aromatic rings. The molecule has 1 fully saturated rings. The molecule has 4 nitrogen and oxygen atoms in total. The quantitative estimate of drug-likeness (QED) is 0.819. The zero-order chi connectivity index (χ0) is 12.3. The maximum atomic E-state index is 11.7. The van der Waals surface area contributed by atoms with Crippen LogP contribution < -0.4 is 0 Å². The highest BCUT2D eigenvalue weighted by Gasteiger charge is 2.30. The van der Waals surface area contributed by atoms with Crippen molar-refractivity contribution in [3.05, 3.63) is 24.2 Å². The Morgan fingerprint density at radius 1 is 1.65 bits per heavy atom.